The predicted molar refractivity (Wildman–Crippen MR) is 78.4 cm³/mol. The van der Waals surface area contributed by atoms with Crippen LogP contribution in [0.3, 0.4) is 0 Å². The van der Waals surface area contributed by atoms with Crippen molar-refractivity contribution in [2.75, 3.05) is 19.0 Å². The van der Waals surface area contributed by atoms with E-state index in [1.165, 1.54) is 23.1 Å². The fourth-order valence-electron chi connectivity index (χ4n) is 1.29. The highest BCUT2D eigenvalue weighted by Crippen LogP contribution is 2.35. The van der Waals surface area contributed by atoms with Crippen LogP contribution in [-0.4, -0.2) is 29.4 Å². The number of benzene rings is 1. The minimum atomic E-state index is 0.0150. The van der Waals surface area contributed by atoms with Crippen molar-refractivity contribution in [1.29, 1.82) is 0 Å². The first-order chi connectivity index (χ1) is 8.60. The van der Waals surface area contributed by atoms with Gasteiger partial charge in [0.15, 0.2) is 4.34 Å². The Hall–Kier alpha value is -0.630. The second-order valence-corrected chi connectivity index (χ2v) is 6.92. The SMILES string of the molecule is CN(C)c1nnc(Sc2ccc(Br)cc2CO)s1. The third-order valence-corrected chi connectivity index (χ3v) is 4.92. The van der Waals surface area contributed by atoms with Gasteiger partial charge in [-0.3, -0.25) is 0 Å². The maximum atomic E-state index is 9.34. The highest BCUT2D eigenvalue weighted by molar-refractivity contribution is 9.10. The average molecular weight is 346 g/mol. The lowest BCUT2D eigenvalue weighted by Crippen LogP contribution is -2.07. The predicted octanol–water partition coefficient (Wildman–Crippen LogP) is 3.01. The molecule has 0 saturated carbocycles. The molecule has 0 bridgehead atoms. The Labute approximate surface area is 122 Å². The van der Waals surface area contributed by atoms with Gasteiger partial charge in [0.2, 0.25) is 5.13 Å². The molecule has 0 unspecified atom stereocenters. The van der Waals surface area contributed by atoms with Gasteiger partial charge in [-0.05, 0) is 23.8 Å². The van der Waals surface area contributed by atoms with Crippen LogP contribution in [0.2, 0.25) is 0 Å². The summed E-state index contributed by atoms with van der Waals surface area (Å²) < 4.78 is 1.83. The van der Waals surface area contributed by atoms with Crippen molar-refractivity contribution in [3.8, 4) is 0 Å². The Kier molecular flexibility index (Phi) is 4.60. The Bertz CT molecular complexity index is 545. The maximum absolute atomic E-state index is 9.34. The molecule has 2 aromatic rings. The van der Waals surface area contributed by atoms with E-state index in [0.29, 0.717) is 0 Å². The van der Waals surface area contributed by atoms with Crippen LogP contribution in [0.15, 0.2) is 31.9 Å². The molecule has 1 N–H and O–H groups in total. The molecule has 0 aliphatic carbocycles. The largest absolute Gasteiger partial charge is 0.392 e. The van der Waals surface area contributed by atoms with E-state index in [2.05, 4.69) is 26.1 Å². The maximum Gasteiger partial charge on any atom is 0.208 e. The molecule has 0 aliphatic rings. The summed E-state index contributed by atoms with van der Waals surface area (Å²) in [6, 6.07) is 5.84. The lowest BCUT2D eigenvalue weighted by molar-refractivity contribution is 0.279. The molecule has 1 heterocycles. The summed E-state index contributed by atoms with van der Waals surface area (Å²) in [4.78, 5) is 2.93. The van der Waals surface area contributed by atoms with E-state index >= 15 is 0 Å². The van der Waals surface area contributed by atoms with E-state index in [1.54, 1.807) is 0 Å². The minimum absolute atomic E-state index is 0.0150. The zero-order chi connectivity index (χ0) is 13.1. The van der Waals surface area contributed by atoms with Crippen LogP contribution in [0.4, 0.5) is 5.13 Å². The molecule has 0 atom stereocenters. The number of aliphatic hydroxyl groups is 1. The normalized spacial score (nSPS) is 10.7. The van der Waals surface area contributed by atoms with Gasteiger partial charge >= 0.3 is 0 Å². The Morgan fingerprint density at radius 2 is 2.17 bits per heavy atom. The van der Waals surface area contributed by atoms with Gasteiger partial charge in [0.1, 0.15) is 0 Å². The van der Waals surface area contributed by atoms with E-state index in [-0.39, 0.29) is 6.61 Å². The summed E-state index contributed by atoms with van der Waals surface area (Å²) in [5.74, 6) is 0. The van der Waals surface area contributed by atoms with Crippen molar-refractivity contribution in [1.82, 2.24) is 10.2 Å². The highest BCUT2D eigenvalue weighted by atomic mass is 79.9. The standard InChI is InChI=1S/C11H12BrN3OS2/c1-15(2)10-13-14-11(18-10)17-9-4-3-8(12)5-7(9)6-16/h3-5,16H,6H2,1-2H3. The number of anilines is 1. The zero-order valence-corrected chi connectivity index (χ0v) is 13.1. The zero-order valence-electron chi connectivity index (χ0n) is 9.92. The van der Waals surface area contributed by atoms with Crippen LogP contribution in [0.1, 0.15) is 5.56 Å². The van der Waals surface area contributed by atoms with E-state index in [4.69, 9.17) is 0 Å². The third kappa shape index (κ3) is 3.23. The molecule has 2 rings (SSSR count). The molecule has 0 spiro atoms. The fourth-order valence-corrected chi connectivity index (χ4v) is 3.52. The van der Waals surface area contributed by atoms with Gasteiger partial charge in [0.25, 0.3) is 0 Å². The minimum Gasteiger partial charge on any atom is -0.392 e. The molecule has 96 valence electrons. The quantitative estimate of drug-likeness (QED) is 0.922. The van der Waals surface area contributed by atoms with Crippen molar-refractivity contribution < 1.29 is 5.11 Å². The summed E-state index contributed by atoms with van der Waals surface area (Å²) in [7, 11) is 3.88. The first-order valence-corrected chi connectivity index (χ1v) is 7.60. The number of nitrogens with zero attached hydrogens (tertiary/aromatic N) is 3. The monoisotopic (exact) mass is 345 g/mol. The summed E-state index contributed by atoms with van der Waals surface area (Å²) in [5, 5.41) is 18.4. The van der Waals surface area contributed by atoms with Gasteiger partial charge in [-0.15, -0.1) is 10.2 Å². The lowest BCUT2D eigenvalue weighted by atomic mass is 10.2. The van der Waals surface area contributed by atoms with Crippen LogP contribution >= 0.6 is 39.0 Å². The van der Waals surface area contributed by atoms with Crippen molar-refractivity contribution in [2.45, 2.75) is 15.8 Å². The topological polar surface area (TPSA) is 49.2 Å². The molecule has 0 fully saturated rings. The fraction of sp³-hybridized carbons (Fsp3) is 0.273. The third-order valence-electron chi connectivity index (χ3n) is 2.17. The number of aromatic nitrogens is 2. The Morgan fingerprint density at radius 1 is 1.39 bits per heavy atom. The number of hydrogen-bond donors (Lipinski definition) is 1. The summed E-state index contributed by atoms with van der Waals surface area (Å²) in [6.07, 6.45) is 0. The smallest absolute Gasteiger partial charge is 0.208 e. The van der Waals surface area contributed by atoms with Gasteiger partial charge < -0.3 is 10.0 Å². The molecule has 0 saturated heterocycles. The van der Waals surface area contributed by atoms with Crippen LogP contribution in [0, 0.1) is 0 Å². The number of aliphatic hydroxyl groups excluding tert-OH is 1. The molecule has 0 radical (unpaired) electrons. The first kappa shape index (κ1) is 13.8. The van der Waals surface area contributed by atoms with Gasteiger partial charge in [0.05, 0.1) is 6.61 Å². The first-order valence-electron chi connectivity index (χ1n) is 5.18. The van der Waals surface area contributed by atoms with Crippen LogP contribution in [-0.2, 0) is 6.61 Å². The average Bonchev–Trinajstić information content (AvgIpc) is 2.80. The molecule has 1 aromatic carbocycles. The van der Waals surface area contributed by atoms with E-state index < -0.39 is 0 Å². The molecular weight excluding hydrogens is 334 g/mol. The van der Waals surface area contributed by atoms with Crippen molar-refractivity contribution >= 4 is 44.2 Å². The lowest BCUT2D eigenvalue weighted by Gasteiger charge is -2.05. The molecule has 1 aromatic heterocycles. The van der Waals surface area contributed by atoms with Crippen molar-refractivity contribution in [2.24, 2.45) is 0 Å². The molecule has 0 aliphatic heterocycles. The number of halogens is 1. The van der Waals surface area contributed by atoms with E-state index in [0.717, 1.165) is 24.4 Å². The van der Waals surface area contributed by atoms with Gasteiger partial charge in [-0.2, -0.15) is 0 Å². The second-order valence-electron chi connectivity index (χ2n) is 3.76. The van der Waals surface area contributed by atoms with Gasteiger partial charge in [0, 0.05) is 23.5 Å². The summed E-state index contributed by atoms with van der Waals surface area (Å²) in [5.41, 5.74) is 0.885. The van der Waals surface area contributed by atoms with Crippen LogP contribution in [0.25, 0.3) is 0 Å². The summed E-state index contributed by atoms with van der Waals surface area (Å²) >= 11 is 6.45. The molecular formula is C11H12BrN3OS2. The van der Waals surface area contributed by atoms with Gasteiger partial charge in [-0.1, -0.05) is 39.0 Å². The highest BCUT2D eigenvalue weighted by Gasteiger charge is 2.10. The number of rotatable bonds is 4. The Balaban J connectivity index is 2.22. The van der Waals surface area contributed by atoms with Crippen molar-refractivity contribution in [3.63, 3.8) is 0 Å². The van der Waals surface area contributed by atoms with Crippen molar-refractivity contribution in [3.05, 3.63) is 28.2 Å². The Morgan fingerprint density at radius 3 is 2.78 bits per heavy atom. The molecule has 0 amide bonds. The van der Waals surface area contributed by atoms with Gasteiger partial charge in [-0.25, -0.2) is 0 Å². The molecule has 18 heavy (non-hydrogen) atoms. The summed E-state index contributed by atoms with van der Waals surface area (Å²) in [6.45, 7) is 0.0150. The molecule has 4 nitrogen and oxygen atoms in total. The molecule has 7 heteroatoms. The van der Waals surface area contributed by atoms with Crippen LogP contribution in [0.5, 0.6) is 0 Å². The van der Waals surface area contributed by atoms with E-state index in [9.17, 15) is 5.11 Å². The number of hydrogen-bond acceptors (Lipinski definition) is 6. The van der Waals surface area contributed by atoms with Crippen LogP contribution < -0.4 is 4.90 Å². The second kappa shape index (κ2) is 6.01. The van der Waals surface area contributed by atoms with E-state index in [1.807, 2.05) is 37.2 Å².